The van der Waals surface area contributed by atoms with E-state index in [1.807, 2.05) is 12.2 Å². The second kappa shape index (κ2) is 72.5. The number of allylic oxidation sites excluding steroid dienone is 22. The van der Waals surface area contributed by atoms with Crippen LogP contribution in [0, 0.1) is 0 Å². The molecule has 0 aromatic rings. The number of esters is 4. The first-order valence-corrected chi connectivity index (χ1v) is 41.4. The Bertz CT molecular complexity index is 2420. The zero-order chi connectivity index (χ0) is 73.2. The average Bonchev–Trinajstić information content (AvgIpc) is 1.15. The molecule has 0 aliphatic carbocycles. The number of phosphoric acid groups is 2. The van der Waals surface area contributed by atoms with Gasteiger partial charge in [0.05, 0.1) is 26.4 Å². The molecule has 0 aliphatic rings. The van der Waals surface area contributed by atoms with E-state index in [4.69, 9.17) is 37.0 Å². The van der Waals surface area contributed by atoms with Crippen LogP contribution in [0.2, 0.25) is 0 Å². The molecule has 0 radical (unpaired) electrons. The number of hydrogen-bond donors (Lipinski definition) is 3. The van der Waals surface area contributed by atoms with Crippen molar-refractivity contribution in [2.45, 2.75) is 316 Å². The molecule has 5 atom stereocenters. The molecule has 0 saturated heterocycles. The van der Waals surface area contributed by atoms with E-state index in [-0.39, 0.29) is 25.7 Å². The molecule has 0 bridgehead atoms. The molecule has 100 heavy (non-hydrogen) atoms. The van der Waals surface area contributed by atoms with Gasteiger partial charge >= 0.3 is 39.5 Å². The van der Waals surface area contributed by atoms with Gasteiger partial charge in [-0.3, -0.25) is 37.3 Å². The number of unbranched alkanes of at least 4 members (excludes halogenated alkanes) is 23. The quantitative estimate of drug-likeness (QED) is 0.0169. The molecule has 0 fully saturated rings. The fraction of sp³-hybridized carbons (Fsp3) is 0.679. The van der Waals surface area contributed by atoms with Crippen molar-refractivity contribution in [2.24, 2.45) is 0 Å². The monoisotopic (exact) mass is 1440 g/mol. The van der Waals surface area contributed by atoms with Crippen molar-refractivity contribution in [3.8, 4) is 0 Å². The molecule has 572 valence electrons. The highest BCUT2D eigenvalue weighted by Crippen LogP contribution is 2.45. The van der Waals surface area contributed by atoms with Gasteiger partial charge in [0.2, 0.25) is 0 Å². The molecule has 3 N–H and O–H groups in total. The van der Waals surface area contributed by atoms with Crippen molar-refractivity contribution in [1.29, 1.82) is 0 Å². The number of carbonyl (C=O) groups excluding carboxylic acids is 4. The lowest BCUT2D eigenvalue weighted by atomic mass is 10.1. The molecule has 0 spiro atoms. The van der Waals surface area contributed by atoms with Gasteiger partial charge < -0.3 is 33.8 Å². The number of rotatable bonds is 71. The van der Waals surface area contributed by atoms with Crippen molar-refractivity contribution in [1.82, 2.24) is 0 Å². The van der Waals surface area contributed by atoms with Gasteiger partial charge in [0.15, 0.2) is 12.2 Å². The number of hydrogen-bond acceptors (Lipinski definition) is 15. The van der Waals surface area contributed by atoms with E-state index in [0.29, 0.717) is 32.1 Å². The second-order valence-electron chi connectivity index (χ2n) is 25.2. The van der Waals surface area contributed by atoms with Gasteiger partial charge in [-0.05, 0) is 148 Å². The highest BCUT2D eigenvalue weighted by molar-refractivity contribution is 7.47. The molecule has 0 heterocycles. The number of carbonyl (C=O) groups is 4. The Kier molecular flexibility index (Phi) is 69.1. The Labute approximate surface area is 605 Å². The predicted molar refractivity (Wildman–Crippen MR) is 408 cm³/mol. The number of aliphatic hydroxyl groups is 1. The van der Waals surface area contributed by atoms with Crippen LogP contribution in [0.3, 0.4) is 0 Å². The number of ether oxygens (including phenoxy) is 4. The van der Waals surface area contributed by atoms with Gasteiger partial charge in [0, 0.05) is 25.7 Å². The lowest BCUT2D eigenvalue weighted by Gasteiger charge is -2.21. The maximum Gasteiger partial charge on any atom is 0.472 e. The summed E-state index contributed by atoms with van der Waals surface area (Å²) in [6.07, 6.45) is 80.2. The van der Waals surface area contributed by atoms with Gasteiger partial charge in [-0.2, -0.15) is 0 Å². The first-order chi connectivity index (χ1) is 48.7. The summed E-state index contributed by atoms with van der Waals surface area (Å²) in [4.78, 5) is 72.9. The Hall–Kier alpha value is -4.80. The van der Waals surface area contributed by atoms with Crippen molar-refractivity contribution >= 4 is 39.5 Å². The van der Waals surface area contributed by atoms with E-state index in [1.165, 1.54) is 25.7 Å². The van der Waals surface area contributed by atoms with Crippen LogP contribution in [0.15, 0.2) is 134 Å². The third kappa shape index (κ3) is 71.6. The minimum Gasteiger partial charge on any atom is -0.462 e. The lowest BCUT2D eigenvalue weighted by Crippen LogP contribution is -2.30. The molecule has 0 aromatic carbocycles. The number of phosphoric ester groups is 2. The minimum atomic E-state index is -4.99. The molecule has 0 aliphatic heterocycles. The first kappa shape index (κ1) is 95.2. The van der Waals surface area contributed by atoms with Crippen LogP contribution in [0.1, 0.15) is 297 Å². The van der Waals surface area contributed by atoms with E-state index in [0.717, 1.165) is 186 Å². The second-order valence-corrected chi connectivity index (χ2v) is 28.1. The van der Waals surface area contributed by atoms with Crippen LogP contribution in [0.25, 0.3) is 0 Å². The maximum absolute atomic E-state index is 13.1. The largest absolute Gasteiger partial charge is 0.472 e. The molecule has 0 amide bonds. The topological polar surface area (TPSA) is 237 Å². The summed E-state index contributed by atoms with van der Waals surface area (Å²) in [5, 5.41) is 10.6. The summed E-state index contributed by atoms with van der Waals surface area (Å²) in [6.45, 7) is 4.47. The Balaban J connectivity index is 5.43. The zero-order valence-electron chi connectivity index (χ0n) is 62.3. The third-order valence-electron chi connectivity index (χ3n) is 15.6. The van der Waals surface area contributed by atoms with Gasteiger partial charge in [-0.25, -0.2) is 9.13 Å². The van der Waals surface area contributed by atoms with Crippen LogP contribution >= 0.6 is 15.6 Å². The van der Waals surface area contributed by atoms with Crippen LogP contribution in [-0.4, -0.2) is 96.7 Å². The van der Waals surface area contributed by atoms with Crippen molar-refractivity contribution < 1.29 is 80.2 Å². The van der Waals surface area contributed by atoms with E-state index in [1.54, 1.807) is 0 Å². The van der Waals surface area contributed by atoms with Crippen molar-refractivity contribution in [3.05, 3.63) is 134 Å². The van der Waals surface area contributed by atoms with E-state index < -0.39 is 97.5 Å². The maximum atomic E-state index is 13.1. The Morgan fingerprint density at radius 1 is 0.290 bits per heavy atom. The zero-order valence-corrected chi connectivity index (χ0v) is 64.1. The van der Waals surface area contributed by atoms with Gasteiger partial charge in [0.1, 0.15) is 19.3 Å². The average molecular weight is 1440 g/mol. The molecule has 0 aromatic heterocycles. The third-order valence-corrected chi connectivity index (χ3v) is 17.5. The summed E-state index contributed by atoms with van der Waals surface area (Å²) in [5.41, 5.74) is 0. The van der Waals surface area contributed by atoms with E-state index in [9.17, 15) is 43.2 Å². The normalized spacial score (nSPS) is 14.7. The highest BCUT2D eigenvalue weighted by atomic mass is 31.2. The first-order valence-electron chi connectivity index (χ1n) is 38.4. The lowest BCUT2D eigenvalue weighted by molar-refractivity contribution is -0.161. The smallest absolute Gasteiger partial charge is 0.462 e. The van der Waals surface area contributed by atoms with Crippen molar-refractivity contribution in [3.63, 3.8) is 0 Å². The van der Waals surface area contributed by atoms with Gasteiger partial charge in [-0.15, -0.1) is 0 Å². The Morgan fingerprint density at radius 2 is 0.550 bits per heavy atom. The molecule has 19 heteroatoms. The van der Waals surface area contributed by atoms with E-state index >= 15 is 0 Å². The molecule has 0 rings (SSSR count). The summed E-state index contributed by atoms with van der Waals surface area (Å²) in [6, 6.07) is 0. The van der Waals surface area contributed by atoms with E-state index in [2.05, 4.69) is 149 Å². The van der Waals surface area contributed by atoms with Gasteiger partial charge in [-0.1, -0.05) is 258 Å². The fourth-order valence-electron chi connectivity index (χ4n) is 9.77. The summed E-state index contributed by atoms with van der Waals surface area (Å²) in [5.74, 6) is -2.28. The fourth-order valence-corrected chi connectivity index (χ4v) is 11.4. The van der Waals surface area contributed by atoms with Gasteiger partial charge in [0.25, 0.3) is 0 Å². The predicted octanol–water partition coefficient (Wildman–Crippen LogP) is 22.1. The summed E-state index contributed by atoms with van der Waals surface area (Å²) >= 11 is 0. The summed E-state index contributed by atoms with van der Waals surface area (Å²) < 4.78 is 68.4. The van der Waals surface area contributed by atoms with Crippen molar-refractivity contribution in [2.75, 3.05) is 39.6 Å². The number of aliphatic hydroxyl groups excluding tert-OH is 1. The van der Waals surface area contributed by atoms with Crippen LogP contribution in [-0.2, 0) is 65.4 Å². The van der Waals surface area contributed by atoms with Crippen LogP contribution in [0.4, 0.5) is 0 Å². The van der Waals surface area contributed by atoms with Crippen LogP contribution < -0.4 is 0 Å². The molecule has 5 unspecified atom stereocenters. The SMILES string of the molecule is CC/C=C\C/C=C\C/C=C\C/C=C\C/C=C\CCCC(=O)OCC(COP(=O)(O)OCC(O)COP(=O)(O)OCC(COC(=O)CCCCCCC/C=C\C/C=C\CCC)OC(=O)CCCCCCC/C=C\CCCCCC)OC(=O)CCCCCCCCC/C=C\C/C=C\C/C=C\CC. The molecule has 17 nitrogen and oxygen atoms in total. The standard InChI is InChI=1S/C81H136O17P2/c1-5-9-13-17-21-25-29-33-35-37-39-43-46-50-54-58-62-66-79(84)92-72-77(98-81(86)68-64-60-56-52-48-44-40-38-36-34-30-26-22-18-14-10-6-2)74-96-100(89,90)94-70-75(82)69-93-99(87,88)95-73-76(97-80(85)67-63-59-55-51-47-42-32-28-24-20-16-12-8-4)71-91-78(83)65-61-57-53-49-45-41-31-27-23-19-15-11-7-3/h9-10,13-15,19,21-22,25-28,31-36,39,43,50,54,75-77,82H,5-8,11-12,16-18,20,23-24,29-30,37-38,40-42,44-49,51-53,55-74H2,1-4H3,(H,87,88)(H,89,90)/b13-9-,14-10-,19-15-,25-21-,26-22-,31-27-,32-28-,35-33-,36-34-,43-39-,54-50-. The summed E-state index contributed by atoms with van der Waals surface area (Å²) in [7, 11) is -9.98. The minimum absolute atomic E-state index is 0.0677. The molecule has 0 saturated carbocycles. The van der Waals surface area contributed by atoms with Crippen LogP contribution in [0.5, 0.6) is 0 Å². The highest BCUT2D eigenvalue weighted by Gasteiger charge is 2.30. The molecular weight excluding hydrogens is 1310 g/mol. The molecular formula is C81H136O17P2. The Morgan fingerprint density at radius 3 is 0.890 bits per heavy atom.